The summed E-state index contributed by atoms with van der Waals surface area (Å²) in [7, 11) is 0. The Balaban J connectivity index is 1.82. The van der Waals surface area contributed by atoms with Gasteiger partial charge in [-0.1, -0.05) is 19.3 Å². The Morgan fingerprint density at radius 2 is 1.90 bits per heavy atom. The van der Waals surface area contributed by atoms with Crippen LogP contribution in [0.2, 0.25) is 0 Å². The molecule has 0 radical (unpaired) electrons. The number of halogens is 2. The van der Waals surface area contributed by atoms with E-state index in [0.29, 0.717) is 0 Å². The van der Waals surface area contributed by atoms with Crippen molar-refractivity contribution in [3.63, 3.8) is 0 Å². The second-order valence-corrected chi connectivity index (χ2v) is 8.26. The summed E-state index contributed by atoms with van der Waals surface area (Å²) in [6.07, 6.45) is 5.02. The van der Waals surface area contributed by atoms with Gasteiger partial charge in [0.1, 0.15) is 23.7 Å². The molecule has 1 aliphatic carbocycles. The first-order valence-corrected chi connectivity index (χ1v) is 10.1. The number of nitrogens with one attached hydrogen (secondary N) is 1. The molecule has 29 heavy (non-hydrogen) atoms. The van der Waals surface area contributed by atoms with Crippen LogP contribution in [0.15, 0.2) is 18.2 Å². The number of amides is 4. The molecular weight excluding hydrogens is 380 g/mol. The third-order valence-corrected chi connectivity index (χ3v) is 5.85. The van der Waals surface area contributed by atoms with Crippen LogP contribution in [0, 0.1) is 11.6 Å². The van der Waals surface area contributed by atoms with E-state index in [1.807, 2.05) is 13.8 Å². The van der Waals surface area contributed by atoms with Crippen molar-refractivity contribution in [2.45, 2.75) is 70.5 Å². The number of benzene rings is 1. The normalized spacial score (nSPS) is 22.9. The van der Waals surface area contributed by atoms with Crippen LogP contribution in [0.4, 0.5) is 13.6 Å². The lowest BCUT2D eigenvalue weighted by molar-refractivity contribution is -0.142. The molecule has 8 heteroatoms. The number of hydrogen-bond acceptors (Lipinski definition) is 3. The molecule has 0 spiro atoms. The maximum Gasteiger partial charge on any atom is 0.325 e. The fraction of sp³-hybridized carbons (Fsp3) is 0.571. The molecule has 0 bridgehead atoms. The van der Waals surface area contributed by atoms with E-state index < -0.39 is 35.7 Å². The van der Waals surface area contributed by atoms with Gasteiger partial charge in [-0.3, -0.25) is 14.5 Å². The molecule has 0 aromatic heterocycles. The molecule has 158 valence electrons. The Morgan fingerprint density at radius 3 is 2.52 bits per heavy atom. The highest BCUT2D eigenvalue weighted by molar-refractivity contribution is 6.09. The molecule has 1 N–H and O–H groups in total. The van der Waals surface area contributed by atoms with Crippen molar-refractivity contribution < 1.29 is 23.2 Å². The van der Waals surface area contributed by atoms with Crippen molar-refractivity contribution in [2.75, 3.05) is 6.54 Å². The fourth-order valence-electron chi connectivity index (χ4n) is 4.39. The van der Waals surface area contributed by atoms with Crippen molar-refractivity contribution in [3.05, 3.63) is 35.4 Å². The SMILES string of the molecule is CC(C)N(C(=O)CN1C(=O)NC(C)(c2cc(F)ccc2F)C1=O)C1CCCCC1. The highest BCUT2D eigenvalue weighted by Gasteiger charge is 2.51. The Kier molecular flexibility index (Phi) is 5.91. The van der Waals surface area contributed by atoms with Gasteiger partial charge in [0.15, 0.2) is 0 Å². The zero-order chi connectivity index (χ0) is 21.3. The fourth-order valence-corrected chi connectivity index (χ4v) is 4.39. The first-order valence-electron chi connectivity index (χ1n) is 10.1. The van der Waals surface area contributed by atoms with E-state index in [2.05, 4.69) is 5.32 Å². The summed E-state index contributed by atoms with van der Waals surface area (Å²) >= 11 is 0. The second kappa shape index (κ2) is 8.08. The zero-order valence-electron chi connectivity index (χ0n) is 17.0. The van der Waals surface area contributed by atoms with Crippen LogP contribution in [0.25, 0.3) is 0 Å². The quantitative estimate of drug-likeness (QED) is 0.762. The molecule has 1 aliphatic heterocycles. The summed E-state index contributed by atoms with van der Waals surface area (Å²) in [6.45, 7) is 4.71. The maximum atomic E-state index is 14.3. The smallest absolute Gasteiger partial charge is 0.325 e. The van der Waals surface area contributed by atoms with Crippen LogP contribution in [-0.2, 0) is 15.1 Å². The van der Waals surface area contributed by atoms with Crippen LogP contribution in [-0.4, -0.2) is 46.3 Å². The maximum absolute atomic E-state index is 14.3. The topological polar surface area (TPSA) is 69.7 Å². The molecule has 1 saturated heterocycles. The molecule has 1 aromatic carbocycles. The lowest BCUT2D eigenvalue weighted by Crippen LogP contribution is -2.51. The summed E-state index contributed by atoms with van der Waals surface area (Å²) in [4.78, 5) is 41.0. The standard InChI is InChI=1S/C21H27F2N3O3/c1-13(2)26(15-7-5-4-6-8-15)18(27)12-25-19(28)21(3,24-20(25)29)16-11-14(22)9-10-17(16)23/h9-11,13,15H,4-8,12H2,1-3H3,(H,24,29). The predicted molar refractivity (Wildman–Crippen MR) is 103 cm³/mol. The van der Waals surface area contributed by atoms with Crippen LogP contribution >= 0.6 is 0 Å². The van der Waals surface area contributed by atoms with Gasteiger partial charge in [-0.15, -0.1) is 0 Å². The van der Waals surface area contributed by atoms with Crippen molar-refractivity contribution in [3.8, 4) is 0 Å². The molecule has 1 atom stereocenters. The van der Waals surface area contributed by atoms with E-state index in [1.165, 1.54) is 6.92 Å². The van der Waals surface area contributed by atoms with E-state index in [1.54, 1.807) is 4.90 Å². The summed E-state index contributed by atoms with van der Waals surface area (Å²) in [6, 6.07) is 1.97. The van der Waals surface area contributed by atoms with Gasteiger partial charge >= 0.3 is 6.03 Å². The lowest BCUT2D eigenvalue weighted by atomic mass is 9.91. The zero-order valence-corrected chi connectivity index (χ0v) is 17.0. The molecule has 1 saturated carbocycles. The third-order valence-electron chi connectivity index (χ3n) is 5.85. The number of rotatable bonds is 5. The second-order valence-electron chi connectivity index (χ2n) is 8.26. The Morgan fingerprint density at radius 1 is 1.24 bits per heavy atom. The predicted octanol–water partition coefficient (Wildman–Crippen LogP) is 3.30. The number of carbonyl (C=O) groups is 3. The molecule has 1 heterocycles. The summed E-state index contributed by atoms with van der Waals surface area (Å²) < 4.78 is 27.9. The van der Waals surface area contributed by atoms with Gasteiger partial charge in [-0.05, 0) is 51.8 Å². The number of urea groups is 1. The number of imide groups is 1. The molecular formula is C21H27F2N3O3. The Labute approximate surface area is 169 Å². The Bertz CT molecular complexity index is 823. The van der Waals surface area contributed by atoms with Gasteiger partial charge in [0.05, 0.1) is 0 Å². The highest BCUT2D eigenvalue weighted by Crippen LogP contribution is 2.32. The van der Waals surface area contributed by atoms with E-state index in [0.717, 1.165) is 55.2 Å². The van der Waals surface area contributed by atoms with Crippen LogP contribution in [0.5, 0.6) is 0 Å². The molecule has 3 rings (SSSR count). The molecule has 2 aliphatic rings. The van der Waals surface area contributed by atoms with E-state index in [4.69, 9.17) is 0 Å². The Hall–Kier alpha value is -2.51. The van der Waals surface area contributed by atoms with Crippen molar-refractivity contribution in [1.29, 1.82) is 0 Å². The molecule has 6 nitrogen and oxygen atoms in total. The van der Waals surface area contributed by atoms with E-state index in [-0.39, 0.29) is 23.6 Å². The molecule has 4 amide bonds. The minimum atomic E-state index is -1.77. The monoisotopic (exact) mass is 407 g/mol. The number of hydrogen-bond donors (Lipinski definition) is 1. The van der Waals surface area contributed by atoms with Crippen molar-refractivity contribution in [1.82, 2.24) is 15.1 Å². The lowest BCUT2D eigenvalue weighted by Gasteiger charge is -2.38. The molecule has 1 aromatic rings. The van der Waals surface area contributed by atoms with Gasteiger partial charge in [0.25, 0.3) is 5.91 Å². The molecule has 1 unspecified atom stereocenters. The highest BCUT2D eigenvalue weighted by atomic mass is 19.1. The first kappa shape index (κ1) is 21.2. The van der Waals surface area contributed by atoms with Gasteiger partial charge < -0.3 is 10.2 Å². The largest absolute Gasteiger partial charge is 0.336 e. The number of nitrogens with zero attached hydrogens (tertiary/aromatic N) is 2. The van der Waals surface area contributed by atoms with Crippen LogP contribution < -0.4 is 5.32 Å². The number of carbonyl (C=O) groups excluding carboxylic acids is 3. The molecule has 2 fully saturated rings. The van der Waals surface area contributed by atoms with Gasteiger partial charge in [0.2, 0.25) is 5.91 Å². The van der Waals surface area contributed by atoms with Crippen LogP contribution in [0.3, 0.4) is 0 Å². The van der Waals surface area contributed by atoms with Gasteiger partial charge in [0, 0.05) is 17.6 Å². The van der Waals surface area contributed by atoms with Gasteiger partial charge in [-0.2, -0.15) is 0 Å². The summed E-state index contributed by atoms with van der Waals surface area (Å²) in [5.74, 6) is -2.61. The minimum absolute atomic E-state index is 0.0709. The van der Waals surface area contributed by atoms with E-state index in [9.17, 15) is 23.2 Å². The minimum Gasteiger partial charge on any atom is -0.336 e. The average Bonchev–Trinajstić information content (AvgIpc) is 2.88. The summed E-state index contributed by atoms with van der Waals surface area (Å²) in [5.41, 5.74) is -2.03. The van der Waals surface area contributed by atoms with Crippen molar-refractivity contribution >= 4 is 17.8 Å². The third kappa shape index (κ3) is 3.97. The summed E-state index contributed by atoms with van der Waals surface area (Å²) in [5, 5.41) is 2.43. The van der Waals surface area contributed by atoms with Gasteiger partial charge in [-0.25, -0.2) is 13.6 Å². The van der Waals surface area contributed by atoms with Crippen molar-refractivity contribution in [2.24, 2.45) is 0 Å². The van der Waals surface area contributed by atoms with Crippen LogP contribution in [0.1, 0.15) is 58.4 Å². The first-order chi connectivity index (χ1) is 13.6. The van der Waals surface area contributed by atoms with E-state index >= 15 is 0 Å². The average molecular weight is 407 g/mol.